The van der Waals surface area contributed by atoms with Crippen LogP contribution in [0.4, 0.5) is 0 Å². The van der Waals surface area contributed by atoms with E-state index in [4.69, 9.17) is 9.26 Å². The van der Waals surface area contributed by atoms with Crippen molar-refractivity contribution in [1.29, 1.82) is 0 Å². The fraction of sp³-hybridized carbons (Fsp3) is 0.769. The Morgan fingerprint density at radius 3 is 2.85 bits per heavy atom. The van der Waals surface area contributed by atoms with Gasteiger partial charge in [-0.3, -0.25) is 9.69 Å². The fourth-order valence-corrected chi connectivity index (χ4v) is 2.47. The molecule has 0 spiro atoms. The first kappa shape index (κ1) is 14.9. The lowest BCUT2D eigenvalue weighted by Crippen LogP contribution is -2.43. The summed E-state index contributed by atoms with van der Waals surface area (Å²) in [5.41, 5.74) is 0. The number of hydrogen-bond acceptors (Lipinski definition) is 6. The van der Waals surface area contributed by atoms with Gasteiger partial charge in [-0.25, -0.2) is 0 Å². The van der Waals surface area contributed by atoms with E-state index >= 15 is 0 Å². The van der Waals surface area contributed by atoms with Gasteiger partial charge < -0.3 is 14.4 Å². The Hall–Kier alpha value is -1.47. The zero-order valence-corrected chi connectivity index (χ0v) is 11.9. The van der Waals surface area contributed by atoms with Crippen LogP contribution in [0.5, 0.6) is 0 Å². The van der Waals surface area contributed by atoms with Crippen LogP contribution in [-0.2, 0) is 22.5 Å². The monoisotopic (exact) mass is 283 g/mol. The van der Waals surface area contributed by atoms with Crippen LogP contribution >= 0.6 is 0 Å². The van der Waals surface area contributed by atoms with Gasteiger partial charge in [0.05, 0.1) is 25.7 Å². The van der Waals surface area contributed by atoms with E-state index in [0.29, 0.717) is 31.3 Å². The first-order chi connectivity index (χ1) is 9.65. The second-order valence-corrected chi connectivity index (χ2v) is 4.98. The van der Waals surface area contributed by atoms with Gasteiger partial charge in [0, 0.05) is 12.5 Å². The van der Waals surface area contributed by atoms with Crippen LogP contribution in [0.1, 0.15) is 32.0 Å². The number of carbonyl (C=O) groups is 1. The van der Waals surface area contributed by atoms with Gasteiger partial charge in [-0.1, -0.05) is 19.0 Å². The molecule has 0 bridgehead atoms. The lowest BCUT2D eigenvalue weighted by molar-refractivity contribution is -0.143. The molecular weight excluding hydrogens is 262 g/mol. The van der Waals surface area contributed by atoms with Gasteiger partial charge in [0.15, 0.2) is 5.82 Å². The molecule has 1 saturated heterocycles. The summed E-state index contributed by atoms with van der Waals surface area (Å²) in [5, 5.41) is 13.2. The van der Waals surface area contributed by atoms with Crippen LogP contribution in [0.3, 0.4) is 0 Å². The number of hydrogen-bond donors (Lipinski definition) is 1. The molecule has 0 aliphatic carbocycles. The number of aromatic nitrogens is 2. The molecule has 0 radical (unpaired) electrons. The van der Waals surface area contributed by atoms with Gasteiger partial charge in [-0.05, 0) is 13.0 Å². The number of carboxylic acid groups (broad SMARTS) is 1. The van der Waals surface area contributed by atoms with E-state index in [1.807, 2.05) is 6.92 Å². The minimum Gasteiger partial charge on any atom is -0.481 e. The zero-order chi connectivity index (χ0) is 14.5. The van der Waals surface area contributed by atoms with E-state index in [2.05, 4.69) is 22.0 Å². The van der Waals surface area contributed by atoms with E-state index in [1.54, 1.807) is 0 Å². The Morgan fingerprint density at radius 1 is 1.45 bits per heavy atom. The van der Waals surface area contributed by atoms with Crippen LogP contribution in [0.2, 0.25) is 0 Å². The van der Waals surface area contributed by atoms with Crippen LogP contribution < -0.4 is 0 Å². The summed E-state index contributed by atoms with van der Waals surface area (Å²) in [6, 6.07) is -0.129. The maximum atomic E-state index is 11.3. The lowest BCUT2D eigenvalue weighted by Gasteiger charge is -2.28. The SMILES string of the molecule is CCCN(Cc1noc(CC)n1)C1COCC1C(=O)O. The maximum absolute atomic E-state index is 11.3. The smallest absolute Gasteiger partial charge is 0.310 e. The van der Waals surface area contributed by atoms with Crippen LogP contribution in [0, 0.1) is 5.92 Å². The van der Waals surface area contributed by atoms with Crippen molar-refractivity contribution in [3.8, 4) is 0 Å². The largest absolute Gasteiger partial charge is 0.481 e. The standard InChI is InChI=1S/C13H21N3O4/c1-3-5-16(6-11-14-12(4-2)20-15-11)10-8-19-7-9(10)13(17)18/h9-10H,3-8H2,1-2H3,(H,17,18). The Kier molecular flexibility index (Phi) is 5.08. The van der Waals surface area contributed by atoms with Gasteiger partial charge in [-0.15, -0.1) is 0 Å². The number of rotatable bonds is 7. The van der Waals surface area contributed by atoms with Crippen LogP contribution in [-0.4, -0.2) is 51.9 Å². The van der Waals surface area contributed by atoms with Crippen molar-refractivity contribution in [2.75, 3.05) is 19.8 Å². The average Bonchev–Trinajstić information content (AvgIpc) is 3.06. The molecule has 1 aliphatic heterocycles. The average molecular weight is 283 g/mol. The highest BCUT2D eigenvalue weighted by Crippen LogP contribution is 2.22. The van der Waals surface area contributed by atoms with E-state index in [9.17, 15) is 9.90 Å². The predicted octanol–water partition coefficient (Wildman–Crippen LogP) is 0.944. The molecule has 1 N–H and O–H groups in total. The summed E-state index contributed by atoms with van der Waals surface area (Å²) in [7, 11) is 0. The first-order valence-electron chi connectivity index (χ1n) is 7.01. The van der Waals surface area contributed by atoms with Gasteiger partial charge in [-0.2, -0.15) is 4.98 Å². The van der Waals surface area contributed by atoms with Gasteiger partial charge in [0.1, 0.15) is 0 Å². The highest BCUT2D eigenvalue weighted by atomic mass is 16.5. The fourth-order valence-electron chi connectivity index (χ4n) is 2.47. The molecule has 1 aliphatic rings. The van der Waals surface area contributed by atoms with E-state index in [0.717, 1.165) is 13.0 Å². The van der Waals surface area contributed by atoms with E-state index in [1.165, 1.54) is 0 Å². The molecule has 2 heterocycles. The number of nitrogens with zero attached hydrogens (tertiary/aromatic N) is 3. The molecule has 20 heavy (non-hydrogen) atoms. The molecule has 0 amide bonds. The van der Waals surface area contributed by atoms with E-state index in [-0.39, 0.29) is 12.6 Å². The third-order valence-electron chi connectivity index (χ3n) is 3.50. The lowest BCUT2D eigenvalue weighted by atomic mass is 10.0. The van der Waals surface area contributed by atoms with Crippen LogP contribution in [0.15, 0.2) is 4.52 Å². The summed E-state index contributed by atoms with van der Waals surface area (Å²) in [4.78, 5) is 17.6. The summed E-state index contributed by atoms with van der Waals surface area (Å²) in [6.07, 6.45) is 1.63. The Balaban J connectivity index is 2.07. The topological polar surface area (TPSA) is 88.7 Å². The molecule has 2 rings (SSSR count). The molecule has 2 atom stereocenters. The van der Waals surface area contributed by atoms with Gasteiger partial charge in [0.25, 0.3) is 0 Å². The number of ether oxygens (including phenoxy) is 1. The van der Waals surface area contributed by atoms with Crippen molar-refractivity contribution < 1.29 is 19.2 Å². The minimum absolute atomic E-state index is 0.129. The minimum atomic E-state index is -0.809. The normalized spacial score (nSPS) is 22.6. The molecular formula is C13H21N3O4. The Bertz CT molecular complexity index is 449. The van der Waals surface area contributed by atoms with Crippen molar-refractivity contribution in [2.24, 2.45) is 5.92 Å². The summed E-state index contributed by atoms with van der Waals surface area (Å²) >= 11 is 0. The Morgan fingerprint density at radius 2 is 2.25 bits per heavy atom. The predicted molar refractivity (Wildman–Crippen MR) is 70.1 cm³/mol. The second kappa shape index (κ2) is 6.81. The molecule has 7 nitrogen and oxygen atoms in total. The molecule has 1 fully saturated rings. The van der Waals surface area contributed by atoms with Crippen molar-refractivity contribution in [3.05, 3.63) is 11.7 Å². The van der Waals surface area contributed by atoms with Crippen molar-refractivity contribution in [2.45, 2.75) is 39.3 Å². The molecule has 1 aromatic heterocycles. The molecule has 2 unspecified atom stereocenters. The molecule has 0 saturated carbocycles. The highest BCUT2D eigenvalue weighted by Gasteiger charge is 2.38. The number of aryl methyl sites for hydroxylation is 1. The molecule has 0 aromatic carbocycles. The first-order valence-corrected chi connectivity index (χ1v) is 7.01. The van der Waals surface area contributed by atoms with Crippen molar-refractivity contribution >= 4 is 5.97 Å². The third kappa shape index (κ3) is 3.34. The highest BCUT2D eigenvalue weighted by molar-refractivity contribution is 5.71. The molecule has 112 valence electrons. The molecule has 7 heteroatoms. The third-order valence-corrected chi connectivity index (χ3v) is 3.50. The second-order valence-electron chi connectivity index (χ2n) is 4.98. The maximum Gasteiger partial charge on any atom is 0.310 e. The van der Waals surface area contributed by atoms with Gasteiger partial charge >= 0.3 is 5.97 Å². The van der Waals surface area contributed by atoms with Gasteiger partial charge in [0.2, 0.25) is 5.89 Å². The number of carboxylic acids is 1. The Labute approximate surface area is 117 Å². The van der Waals surface area contributed by atoms with Crippen LogP contribution in [0.25, 0.3) is 0 Å². The van der Waals surface area contributed by atoms with E-state index < -0.39 is 11.9 Å². The quantitative estimate of drug-likeness (QED) is 0.796. The summed E-state index contributed by atoms with van der Waals surface area (Å²) < 4.78 is 10.4. The van der Waals surface area contributed by atoms with Crippen molar-refractivity contribution in [3.63, 3.8) is 0 Å². The van der Waals surface area contributed by atoms with Crippen molar-refractivity contribution in [1.82, 2.24) is 15.0 Å². The summed E-state index contributed by atoms with van der Waals surface area (Å²) in [5.74, 6) is -0.0877. The zero-order valence-electron chi connectivity index (χ0n) is 11.9. The number of aliphatic carboxylic acids is 1. The summed E-state index contributed by atoms with van der Waals surface area (Å²) in [6.45, 7) is 6.00. The molecule has 1 aromatic rings.